The van der Waals surface area contributed by atoms with Crippen LogP contribution in [0.1, 0.15) is 16.1 Å². The number of amides is 1. The first-order valence-electron chi connectivity index (χ1n) is 8.57. The van der Waals surface area contributed by atoms with Crippen molar-refractivity contribution >= 4 is 11.9 Å². The van der Waals surface area contributed by atoms with E-state index in [-0.39, 0.29) is 24.7 Å². The number of hydrogen-bond donors (Lipinski definition) is 3. The fourth-order valence-corrected chi connectivity index (χ4v) is 2.59. The molecule has 7 heteroatoms. The number of carboxylic acids is 1. The zero-order chi connectivity index (χ0) is 19.9. The summed E-state index contributed by atoms with van der Waals surface area (Å²) >= 11 is 0. The molecule has 28 heavy (non-hydrogen) atoms. The summed E-state index contributed by atoms with van der Waals surface area (Å²) in [5, 5.41) is 21.6. The lowest BCUT2D eigenvalue weighted by Gasteiger charge is -2.14. The molecule has 0 fully saturated rings. The number of phenolic OH excluding ortho intramolecular Hbond substituents is 1. The Balaban J connectivity index is 1.61. The summed E-state index contributed by atoms with van der Waals surface area (Å²) in [6, 6.07) is 16.1. The summed E-state index contributed by atoms with van der Waals surface area (Å²) < 4.78 is 10.6. The second-order valence-corrected chi connectivity index (χ2v) is 6.08. The van der Waals surface area contributed by atoms with E-state index in [0.717, 1.165) is 5.56 Å². The Morgan fingerprint density at radius 1 is 1.07 bits per heavy atom. The van der Waals surface area contributed by atoms with Crippen LogP contribution < -0.4 is 5.32 Å². The molecule has 144 valence electrons. The van der Waals surface area contributed by atoms with Gasteiger partial charge in [-0.15, -0.1) is 0 Å². The number of phenols is 1. The third kappa shape index (κ3) is 4.77. The molecule has 1 heterocycles. The van der Waals surface area contributed by atoms with E-state index in [1.807, 2.05) is 30.3 Å². The second-order valence-electron chi connectivity index (χ2n) is 6.08. The number of ether oxygens (including phenoxy) is 1. The number of carbonyl (C=O) groups is 2. The van der Waals surface area contributed by atoms with Crippen LogP contribution in [0.15, 0.2) is 71.3 Å². The summed E-state index contributed by atoms with van der Waals surface area (Å²) in [5.41, 5.74) is 1.91. The van der Waals surface area contributed by atoms with Gasteiger partial charge in [0.25, 0.3) is 5.91 Å². The van der Waals surface area contributed by atoms with Crippen molar-refractivity contribution in [3.8, 4) is 16.9 Å². The van der Waals surface area contributed by atoms with Crippen LogP contribution in [0.4, 0.5) is 0 Å². The van der Waals surface area contributed by atoms with Gasteiger partial charge in [-0.3, -0.25) is 4.79 Å². The molecule has 0 aliphatic rings. The Labute approximate surface area is 161 Å². The van der Waals surface area contributed by atoms with Crippen LogP contribution >= 0.6 is 0 Å². The molecule has 1 amide bonds. The fraction of sp³-hybridized carbons (Fsp3) is 0.143. The Bertz CT molecular complexity index is 950. The van der Waals surface area contributed by atoms with Gasteiger partial charge in [-0.2, -0.15) is 0 Å². The van der Waals surface area contributed by atoms with Crippen molar-refractivity contribution in [2.45, 2.75) is 12.6 Å². The van der Waals surface area contributed by atoms with Gasteiger partial charge in [0.2, 0.25) is 0 Å². The molecule has 0 aliphatic heterocycles. The molecule has 0 bridgehead atoms. The lowest BCUT2D eigenvalue weighted by atomic mass is 10.1. The van der Waals surface area contributed by atoms with E-state index in [1.54, 1.807) is 18.2 Å². The summed E-state index contributed by atoms with van der Waals surface area (Å²) in [6.45, 7) is 0.0433. The molecule has 1 unspecified atom stereocenters. The van der Waals surface area contributed by atoms with Gasteiger partial charge in [0.1, 0.15) is 5.75 Å². The predicted molar refractivity (Wildman–Crippen MR) is 101 cm³/mol. The Morgan fingerprint density at radius 3 is 2.50 bits per heavy atom. The van der Waals surface area contributed by atoms with Gasteiger partial charge in [-0.05, 0) is 17.7 Å². The van der Waals surface area contributed by atoms with Gasteiger partial charge >= 0.3 is 5.97 Å². The Morgan fingerprint density at radius 2 is 1.79 bits per heavy atom. The average Bonchev–Trinajstić information content (AvgIpc) is 3.18. The Kier molecular flexibility index (Phi) is 6.08. The number of nitrogens with one attached hydrogen (secondary N) is 1. The van der Waals surface area contributed by atoms with Crippen LogP contribution in [-0.2, 0) is 16.1 Å². The highest BCUT2D eigenvalue weighted by atomic mass is 16.5. The van der Waals surface area contributed by atoms with Crippen molar-refractivity contribution < 1.29 is 29.0 Å². The number of para-hydroxylation sites is 1. The lowest BCUT2D eigenvalue weighted by Crippen LogP contribution is -2.43. The van der Waals surface area contributed by atoms with E-state index in [0.29, 0.717) is 11.1 Å². The van der Waals surface area contributed by atoms with Gasteiger partial charge in [-0.1, -0.05) is 48.5 Å². The number of carboxylic acid groups (broad SMARTS) is 1. The van der Waals surface area contributed by atoms with Gasteiger partial charge in [0, 0.05) is 11.1 Å². The van der Waals surface area contributed by atoms with Crippen LogP contribution in [0, 0.1) is 0 Å². The van der Waals surface area contributed by atoms with E-state index in [2.05, 4.69) is 5.32 Å². The molecule has 0 radical (unpaired) electrons. The van der Waals surface area contributed by atoms with E-state index in [4.69, 9.17) is 9.15 Å². The Hall–Kier alpha value is -3.58. The quantitative estimate of drug-likeness (QED) is 0.553. The van der Waals surface area contributed by atoms with Gasteiger partial charge in [0.15, 0.2) is 11.8 Å². The van der Waals surface area contributed by atoms with Gasteiger partial charge in [0.05, 0.1) is 19.5 Å². The molecule has 3 aromatic rings. The van der Waals surface area contributed by atoms with Gasteiger partial charge < -0.3 is 24.7 Å². The summed E-state index contributed by atoms with van der Waals surface area (Å²) in [5.74, 6) is -1.91. The zero-order valence-corrected chi connectivity index (χ0v) is 14.9. The smallest absolute Gasteiger partial charge is 0.328 e. The maximum absolute atomic E-state index is 12.3. The highest BCUT2D eigenvalue weighted by Crippen LogP contribution is 2.30. The molecule has 1 atom stereocenters. The standard InChI is InChI=1S/C21H19NO6/c23-18-9-5-4-8-16(18)15-10-19(28-12-15)20(24)22-17(21(25)26)13-27-11-14-6-2-1-3-7-14/h1-10,12,17,23H,11,13H2,(H,22,24)(H,25,26). The minimum absolute atomic E-state index is 0.0491. The fourth-order valence-electron chi connectivity index (χ4n) is 2.59. The number of hydrogen-bond acceptors (Lipinski definition) is 5. The van der Waals surface area contributed by atoms with Crippen molar-refractivity contribution in [2.75, 3.05) is 6.61 Å². The summed E-state index contributed by atoms with van der Waals surface area (Å²) in [4.78, 5) is 23.8. The number of aromatic hydroxyl groups is 1. The van der Waals surface area contributed by atoms with Crippen LogP contribution in [0.2, 0.25) is 0 Å². The molecule has 0 saturated carbocycles. The maximum atomic E-state index is 12.3. The number of benzene rings is 2. The van der Waals surface area contributed by atoms with Crippen LogP contribution in [0.25, 0.3) is 11.1 Å². The number of carbonyl (C=O) groups excluding carboxylic acids is 1. The molecule has 7 nitrogen and oxygen atoms in total. The third-order valence-corrected chi connectivity index (χ3v) is 4.04. The van der Waals surface area contributed by atoms with E-state index in [9.17, 15) is 19.8 Å². The summed E-state index contributed by atoms with van der Waals surface area (Å²) in [6.07, 6.45) is 1.33. The van der Waals surface area contributed by atoms with Crippen LogP contribution in [-0.4, -0.2) is 34.7 Å². The molecule has 0 spiro atoms. The third-order valence-electron chi connectivity index (χ3n) is 4.04. The van der Waals surface area contributed by atoms with E-state index < -0.39 is 17.9 Å². The highest BCUT2D eigenvalue weighted by Gasteiger charge is 2.23. The minimum atomic E-state index is -1.23. The van der Waals surface area contributed by atoms with Crippen LogP contribution in [0.3, 0.4) is 0 Å². The normalized spacial score (nSPS) is 11.7. The molecule has 1 aromatic heterocycles. The van der Waals surface area contributed by atoms with Crippen molar-refractivity contribution in [1.29, 1.82) is 0 Å². The first-order valence-corrected chi connectivity index (χ1v) is 8.57. The molecule has 0 saturated heterocycles. The molecule has 3 rings (SSSR count). The van der Waals surface area contributed by atoms with Crippen molar-refractivity contribution in [2.24, 2.45) is 0 Å². The average molecular weight is 381 g/mol. The second kappa shape index (κ2) is 8.88. The number of furan rings is 1. The SMILES string of the molecule is O=C(NC(COCc1ccccc1)C(=O)O)c1cc(-c2ccccc2O)co1. The zero-order valence-electron chi connectivity index (χ0n) is 14.9. The monoisotopic (exact) mass is 381 g/mol. The van der Waals surface area contributed by atoms with Gasteiger partial charge in [-0.25, -0.2) is 4.79 Å². The lowest BCUT2D eigenvalue weighted by molar-refractivity contribution is -0.141. The van der Waals surface area contributed by atoms with E-state index in [1.165, 1.54) is 18.4 Å². The molecular weight excluding hydrogens is 362 g/mol. The largest absolute Gasteiger partial charge is 0.507 e. The van der Waals surface area contributed by atoms with Crippen molar-refractivity contribution in [1.82, 2.24) is 5.32 Å². The number of aliphatic carboxylic acids is 1. The van der Waals surface area contributed by atoms with Crippen molar-refractivity contribution in [3.63, 3.8) is 0 Å². The maximum Gasteiger partial charge on any atom is 0.328 e. The molecule has 2 aromatic carbocycles. The molecule has 3 N–H and O–H groups in total. The van der Waals surface area contributed by atoms with Crippen LogP contribution in [0.5, 0.6) is 5.75 Å². The minimum Gasteiger partial charge on any atom is -0.507 e. The first kappa shape index (κ1) is 19.2. The summed E-state index contributed by atoms with van der Waals surface area (Å²) in [7, 11) is 0. The van der Waals surface area contributed by atoms with Crippen molar-refractivity contribution in [3.05, 3.63) is 78.3 Å². The number of rotatable bonds is 8. The topological polar surface area (TPSA) is 109 Å². The molecule has 0 aliphatic carbocycles. The first-order chi connectivity index (χ1) is 13.5. The predicted octanol–water partition coefficient (Wildman–Crippen LogP) is 3.05. The molecular formula is C21H19NO6. The highest BCUT2D eigenvalue weighted by molar-refractivity contribution is 5.95. The van der Waals surface area contributed by atoms with E-state index >= 15 is 0 Å².